The standard InChI is InChI=1S/C17H15BrN4O/c1-23-15-8-6-14(7-9-15)21-17-19-11-10-16(22-17)20-13-4-2-12(18)3-5-13/h2-11H,1H3,(H2,19,20,21,22). The summed E-state index contributed by atoms with van der Waals surface area (Å²) in [6, 6.07) is 17.3. The van der Waals surface area contributed by atoms with Gasteiger partial charge in [0, 0.05) is 22.0 Å². The number of methoxy groups -OCH3 is 1. The van der Waals surface area contributed by atoms with Gasteiger partial charge in [-0.05, 0) is 54.6 Å². The molecule has 2 aromatic carbocycles. The number of halogens is 1. The van der Waals surface area contributed by atoms with E-state index in [-0.39, 0.29) is 0 Å². The molecule has 0 aliphatic rings. The Labute approximate surface area is 142 Å². The average molecular weight is 371 g/mol. The summed E-state index contributed by atoms with van der Waals surface area (Å²) in [5.74, 6) is 2.05. The fourth-order valence-corrected chi connectivity index (χ4v) is 2.24. The van der Waals surface area contributed by atoms with Crippen LogP contribution in [0, 0.1) is 0 Å². The Balaban J connectivity index is 1.72. The van der Waals surface area contributed by atoms with E-state index in [1.165, 1.54) is 0 Å². The molecule has 5 nitrogen and oxygen atoms in total. The van der Waals surface area contributed by atoms with Crippen molar-refractivity contribution in [2.24, 2.45) is 0 Å². The topological polar surface area (TPSA) is 59.1 Å². The van der Waals surface area contributed by atoms with Gasteiger partial charge in [0.05, 0.1) is 7.11 Å². The molecule has 3 aromatic rings. The van der Waals surface area contributed by atoms with Crippen molar-refractivity contribution in [3.63, 3.8) is 0 Å². The smallest absolute Gasteiger partial charge is 0.229 e. The summed E-state index contributed by atoms with van der Waals surface area (Å²) in [6.45, 7) is 0. The lowest BCUT2D eigenvalue weighted by Crippen LogP contribution is -2.00. The van der Waals surface area contributed by atoms with Crippen LogP contribution in [-0.2, 0) is 0 Å². The molecule has 23 heavy (non-hydrogen) atoms. The normalized spacial score (nSPS) is 10.2. The van der Waals surface area contributed by atoms with Crippen LogP contribution in [0.25, 0.3) is 0 Å². The highest BCUT2D eigenvalue weighted by molar-refractivity contribution is 9.10. The first-order chi connectivity index (χ1) is 11.2. The van der Waals surface area contributed by atoms with Crippen molar-refractivity contribution in [2.45, 2.75) is 0 Å². The third-order valence-electron chi connectivity index (χ3n) is 3.12. The van der Waals surface area contributed by atoms with Crippen LogP contribution >= 0.6 is 15.9 Å². The first kappa shape index (κ1) is 15.3. The first-order valence-corrected chi connectivity index (χ1v) is 7.79. The van der Waals surface area contributed by atoms with Crippen molar-refractivity contribution in [3.8, 4) is 5.75 Å². The van der Waals surface area contributed by atoms with Crippen LogP contribution in [0.5, 0.6) is 5.75 Å². The Kier molecular flexibility index (Phi) is 4.73. The maximum Gasteiger partial charge on any atom is 0.229 e. The number of benzene rings is 2. The summed E-state index contributed by atoms with van der Waals surface area (Å²) in [4.78, 5) is 8.68. The molecule has 0 aliphatic carbocycles. The highest BCUT2D eigenvalue weighted by Gasteiger charge is 2.01. The maximum atomic E-state index is 5.14. The molecule has 1 aromatic heterocycles. The number of rotatable bonds is 5. The third-order valence-corrected chi connectivity index (χ3v) is 3.65. The molecule has 0 saturated heterocycles. The zero-order valence-corrected chi connectivity index (χ0v) is 14.0. The lowest BCUT2D eigenvalue weighted by Gasteiger charge is -2.09. The van der Waals surface area contributed by atoms with Gasteiger partial charge in [0.2, 0.25) is 5.95 Å². The summed E-state index contributed by atoms with van der Waals surface area (Å²) < 4.78 is 6.18. The summed E-state index contributed by atoms with van der Waals surface area (Å²) in [7, 11) is 1.64. The van der Waals surface area contributed by atoms with Gasteiger partial charge < -0.3 is 15.4 Å². The largest absolute Gasteiger partial charge is 0.497 e. The predicted molar refractivity (Wildman–Crippen MR) is 95.7 cm³/mol. The lowest BCUT2D eigenvalue weighted by molar-refractivity contribution is 0.415. The van der Waals surface area contributed by atoms with Gasteiger partial charge in [-0.2, -0.15) is 4.98 Å². The summed E-state index contributed by atoms with van der Waals surface area (Å²) >= 11 is 3.42. The molecule has 2 N–H and O–H groups in total. The molecule has 116 valence electrons. The van der Waals surface area contributed by atoms with Crippen molar-refractivity contribution >= 4 is 39.1 Å². The fraction of sp³-hybridized carbons (Fsp3) is 0.0588. The van der Waals surface area contributed by atoms with Crippen LogP contribution in [0.3, 0.4) is 0 Å². The minimum Gasteiger partial charge on any atom is -0.497 e. The minimum atomic E-state index is 0.525. The highest BCUT2D eigenvalue weighted by Crippen LogP contribution is 2.20. The second kappa shape index (κ2) is 7.11. The van der Waals surface area contributed by atoms with Gasteiger partial charge in [-0.1, -0.05) is 15.9 Å². The van der Waals surface area contributed by atoms with Gasteiger partial charge >= 0.3 is 0 Å². The van der Waals surface area contributed by atoms with Crippen molar-refractivity contribution in [1.82, 2.24) is 9.97 Å². The number of aromatic nitrogens is 2. The van der Waals surface area contributed by atoms with Crippen molar-refractivity contribution in [2.75, 3.05) is 17.7 Å². The fourth-order valence-electron chi connectivity index (χ4n) is 1.97. The quantitative estimate of drug-likeness (QED) is 0.679. The number of nitrogens with zero attached hydrogens (tertiary/aromatic N) is 2. The van der Waals surface area contributed by atoms with E-state index in [9.17, 15) is 0 Å². The molecular weight excluding hydrogens is 356 g/mol. The van der Waals surface area contributed by atoms with Gasteiger partial charge in [-0.3, -0.25) is 0 Å². The molecule has 0 amide bonds. The molecule has 0 spiro atoms. The zero-order chi connectivity index (χ0) is 16.1. The van der Waals surface area contributed by atoms with E-state index >= 15 is 0 Å². The maximum absolute atomic E-state index is 5.14. The molecule has 0 fully saturated rings. The summed E-state index contributed by atoms with van der Waals surface area (Å²) in [6.07, 6.45) is 1.71. The van der Waals surface area contributed by atoms with Gasteiger partial charge in [0.25, 0.3) is 0 Å². The van der Waals surface area contributed by atoms with E-state index in [1.54, 1.807) is 13.3 Å². The van der Waals surface area contributed by atoms with Crippen LogP contribution in [0.1, 0.15) is 0 Å². The highest BCUT2D eigenvalue weighted by atomic mass is 79.9. The van der Waals surface area contributed by atoms with E-state index < -0.39 is 0 Å². The Bertz CT molecular complexity index is 775. The number of hydrogen-bond donors (Lipinski definition) is 2. The SMILES string of the molecule is COc1ccc(Nc2nccc(Nc3ccc(Br)cc3)n2)cc1. The number of nitrogens with one attached hydrogen (secondary N) is 2. The van der Waals surface area contributed by atoms with Gasteiger partial charge in [-0.25, -0.2) is 4.98 Å². The number of hydrogen-bond acceptors (Lipinski definition) is 5. The van der Waals surface area contributed by atoms with E-state index in [0.29, 0.717) is 5.95 Å². The van der Waals surface area contributed by atoms with E-state index in [2.05, 4.69) is 36.5 Å². The molecule has 3 rings (SSSR count). The van der Waals surface area contributed by atoms with Crippen molar-refractivity contribution in [1.29, 1.82) is 0 Å². The van der Waals surface area contributed by atoms with E-state index in [4.69, 9.17) is 4.74 Å². The van der Waals surface area contributed by atoms with E-state index in [1.807, 2.05) is 54.6 Å². The van der Waals surface area contributed by atoms with Crippen LogP contribution in [0.2, 0.25) is 0 Å². The Morgan fingerprint density at radius 1 is 0.870 bits per heavy atom. The van der Waals surface area contributed by atoms with Crippen LogP contribution in [0.15, 0.2) is 65.3 Å². The van der Waals surface area contributed by atoms with E-state index in [0.717, 1.165) is 27.4 Å². The Morgan fingerprint density at radius 3 is 2.22 bits per heavy atom. The van der Waals surface area contributed by atoms with Crippen LogP contribution < -0.4 is 15.4 Å². The van der Waals surface area contributed by atoms with Crippen LogP contribution in [0.4, 0.5) is 23.1 Å². The zero-order valence-electron chi connectivity index (χ0n) is 12.5. The molecule has 0 aliphatic heterocycles. The number of anilines is 4. The third kappa shape index (κ3) is 4.20. The molecular formula is C17H15BrN4O. The molecule has 0 saturated carbocycles. The minimum absolute atomic E-state index is 0.525. The predicted octanol–water partition coefficient (Wildman–Crippen LogP) is 4.73. The molecule has 0 unspecified atom stereocenters. The van der Waals surface area contributed by atoms with Gasteiger partial charge in [-0.15, -0.1) is 0 Å². The molecule has 0 bridgehead atoms. The first-order valence-electron chi connectivity index (χ1n) is 7.00. The second-order valence-electron chi connectivity index (χ2n) is 4.75. The molecule has 1 heterocycles. The Morgan fingerprint density at radius 2 is 1.52 bits per heavy atom. The van der Waals surface area contributed by atoms with Gasteiger partial charge in [0.15, 0.2) is 0 Å². The van der Waals surface area contributed by atoms with Gasteiger partial charge in [0.1, 0.15) is 11.6 Å². The molecule has 0 radical (unpaired) electrons. The number of ether oxygens (including phenoxy) is 1. The monoisotopic (exact) mass is 370 g/mol. The van der Waals surface area contributed by atoms with Crippen molar-refractivity contribution < 1.29 is 4.74 Å². The summed E-state index contributed by atoms with van der Waals surface area (Å²) in [5.41, 5.74) is 1.86. The average Bonchev–Trinajstić information content (AvgIpc) is 2.58. The summed E-state index contributed by atoms with van der Waals surface area (Å²) in [5, 5.41) is 6.41. The second-order valence-corrected chi connectivity index (χ2v) is 5.67. The molecule has 6 heteroatoms. The Hall–Kier alpha value is -2.60. The lowest BCUT2D eigenvalue weighted by atomic mass is 10.3. The van der Waals surface area contributed by atoms with Crippen LogP contribution in [-0.4, -0.2) is 17.1 Å². The molecule has 0 atom stereocenters. The van der Waals surface area contributed by atoms with Crippen molar-refractivity contribution in [3.05, 3.63) is 65.3 Å².